The van der Waals surface area contributed by atoms with Crippen molar-refractivity contribution >= 4 is 55.6 Å². The SMILES string of the molecule is O=C(N/N=C\c1cccc(OS(=O)(=O)c2ccc3ccccc3c2)c1)c1cccc(I)c1. The lowest BCUT2D eigenvalue weighted by molar-refractivity contribution is 0.0955. The van der Waals surface area contributed by atoms with E-state index in [1.54, 1.807) is 48.5 Å². The highest BCUT2D eigenvalue weighted by molar-refractivity contribution is 14.1. The van der Waals surface area contributed by atoms with Crippen LogP contribution in [0.15, 0.2) is 101 Å². The van der Waals surface area contributed by atoms with Crippen molar-refractivity contribution in [1.29, 1.82) is 0 Å². The van der Waals surface area contributed by atoms with E-state index in [0.717, 1.165) is 14.3 Å². The lowest BCUT2D eigenvalue weighted by atomic mass is 10.1. The smallest absolute Gasteiger partial charge is 0.339 e. The monoisotopic (exact) mass is 556 g/mol. The fourth-order valence-electron chi connectivity index (χ4n) is 3.00. The molecule has 0 saturated carbocycles. The number of carbonyl (C=O) groups excluding carboxylic acids is 1. The predicted molar refractivity (Wildman–Crippen MR) is 132 cm³/mol. The van der Waals surface area contributed by atoms with Crippen LogP contribution >= 0.6 is 22.6 Å². The van der Waals surface area contributed by atoms with Crippen LogP contribution in [0.3, 0.4) is 0 Å². The van der Waals surface area contributed by atoms with E-state index in [2.05, 4.69) is 33.1 Å². The second-order valence-corrected chi connectivity index (χ2v) is 9.62. The Morgan fingerprint density at radius 2 is 1.66 bits per heavy atom. The third-order valence-corrected chi connectivity index (χ3v) is 6.45. The van der Waals surface area contributed by atoms with E-state index in [0.29, 0.717) is 11.1 Å². The van der Waals surface area contributed by atoms with Crippen LogP contribution in [0.25, 0.3) is 10.8 Å². The summed E-state index contributed by atoms with van der Waals surface area (Å²) >= 11 is 2.13. The zero-order valence-electron chi connectivity index (χ0n) is 16.6. The Balaban J connectivity index is 1.47. The molecule has 4 aromatic rings. The molecule has 0 aromatic heterocycles. The van der Waals surface area contributed by atoms with Gasteiger partial charge in [-0.2, -0.15) is 13.5 Å². The molecule has 0 atom stereocenters. The third-order valence-electron chi connectivity index (χ3n) is 4.54. The van der Waals surface area contributed by atoms with Gasteiger partial charge in [-0.25, -0.2) is 5.43 Å². The minimum Gasteiger partial charge on any atom is -0.379 e. The molecule has 0 aliphatic heterocycles. The third kappa shape index (κ3) is 5.32. The molecule has 8 heteroatoms. The topological polar surface area (TPSA) is 84.8 Å². The molecule has 6 nitrogen and oxygen atoms in total. The molecule has 0 aliphatic rings. The minimum atomic E-state index is -4.01. The minimum absolute atomic E-state index is 0.0695. The number of rotatable bonds is 6. The van der Waals surface area contributed by atoms with E-state index < -0.39 is 10.1 Å². The quantitative estimate of drug-likeness (QED) is 0.157. The maximum Gasteiger partial charge on any atom is 0.339 e. The van der Waals surface area contributed by atoms with Crippen LogP contribution in [0.4, 0.5) is 0 Å². The largest absolute Gasteiger partial charge is 0.379 e. The number of halogens is 1. The Morgan fingerprint density at radius 1 is 0.875 bits per heavy atom. The average molecular weight is 556 g/mol. The number of nitrogens with one attached hydrogen (secondary N) is 1. The fraction of sp³-hybridized carbons (Fsp3) is 0. The normalized spacial score (nSPS) is 11.5. The molecule has 0 heterocycles. The van der Waals surface area contributed by atoms with Crippen molar-refractivity contribution in [2.45, 2.75) is 4.90 Å². The lowest BCUT2D eigenvalue weighted by Crippen LogP contribution is -2.17. The van der Waals surface area contributed by atoms with Gasteiger partial charge in [-0.1, -0.05) is 48.5 Å². The van der Waals surface area contributed by atoms with Gasteiger partial charge in [0.15, 0.2) is 0 Å². The molecule has 1 N–H and O–H groups in total. The van der Waals surface area contributed by atoms with E-state index in [-0.39, 0.29) is 16.6 Å². The molecular formula is C24H17IN2O4S. The summed E-state index contributed by atoms with van der Waals surface area (Å²) in [6, 6.07) is 25.9. The molecule has 0 spiro atoms. The molecule has 4 aromatic carbocycles. The molecule has 0 unspecified atom stereocenters. The second-order valence-electron chi connectivity index (χ2n) is 6.83. The number of nitrogens with zero attached hydrogens (tertiary/aromatic N) is 1. The van der Waals surface area contributed by atoms with E-state index in [1.165, 1.54) is 18.3 Å². The molecule has 0 aliphatic carbocycles. The summed E-state index contributed by atoms with van der Waals surface area (Å²) in [6.45, 7) is 0. The highest BCUT2D eigenvalue weighted by Gasteiger charge is 2.17. The van der Waals surface area contributed by atoms with E-state index in [4.69, 9.17) is 4.18 Å². The Bertz CT molecular complexity index is 1430. The number of fused-ring (bicyclic) bond motifs is 1. The highest BCUT2D eigenvalue weighted by atomic mass is 127. The van der Waals surface area contributed by atoms with Crippen molar-refractivity contribution in [2.75, 3.05) is 0 Å². The maximum absolute atomic E-state index is 12.7. The van der Waals surface area contributed by atoms with Crippen molar-refractivity contribution in [3.05, 3.63) is 106 Å². The average Bonchev–Trinajstić information content (AvgIpc) is 2.78. The Kier molecular flexibility index (Phi) is 6.52. The van der Waals surface area contributed by atoms with Crippen LogP contribution < -0.4 is 9.61 Å². The van der Waals surface area contributed by atoms with Crippen LogP contribution in [0.1, 0.15) is 15.9 Å². The fourth-order valence-corrected chi connectivity index (χ4v) is 4.51. The van der Waals surface area contributed by atoms with Gasteiger partial charge in [-0.3, -0.25) is 4.79 Å². The zero-order valence-corrected chi connectivity index (χ0v) is 19.6. The van der Waals surface area contributed by atoms with Gasteiger partial charge < -0.3 is 4.18 Å². The number of carbonyl (C=O) groups is 1. The first-order valence-electron chi connectivity index (χ1n) is 9.53. The first kappa shape index (κ1) is 22.0. The van der Waals surface area contributed by atoms with E-state index in [9.17, 15) is 13.2 Å². The van der Waals surface area contributed by atoms with Gasteiger partial charge in [0.25, 0.3) is 5.91 Å². The van der Waals surface area contributed by atoms with Crippen molar-refractivity contribution in [3.8, 4) is 5.75 Å². The van der Waals surface area contributed by atoms with Crippen LogP contribution in [0.5, 0.6) is 5.75 Å². The highest BCUT2D eigenvalue weighted by Crippen LogP contribution is 2.23. The molecule has 32 heavy (non-hydrogen) atoms. The summed E-state index contributed by atoms with van der Waals surface area (Å²) in [6.07, 6.45) is 1.42. The molecule has 0 fully saturated rings. The standard InChI is InChI=1S/C24H17IN2O4S/c25-21-9-4-8-20(14-21)24(28)27-26-16-17-5-3-10-22(13-17)31-32(29,30)23-12-11-18-6-1-2-7-19(18)15-23/h1-16H,(H,27,28)/b26-16-. The number of hydrazone groups is 1. The summed E-state index contributed by atoms with van der Waals surface area (Å²) in [5, 5.41) is 5.69. The molecule has 0 bridgehead atoms. The number of hydrogen-bond donors (Lipinski definition) is 1. The number of benzene rings is 4. The first-order chi connectivity index (χ1) is 15.4. The van der Waals surface area contributed by atoms with Gasteiger partial charge in [0.1, 0.15) is 10.6 Å². The van der Waals surface area contributed by atoms with Gasteiger partial charge in [0.05, 0.1) is 6.21 Å². The van der Waals surface area contributed by atoms with Crippen LogP contribution in [0, 0.1) is 3.57 Å². The van der Waals surface area contributed by atoms with Crippen molar-refractivity contribution in [2.24, 2.45) is 5.10 Å². The summed E-state index contributed by atoms with van der Waals surface area (Å²) in [5.74, 6) is -0.197. The Morgan fingerprint density at radius 3 is 2.47 bits per heavy atom. The second kappa shape index (κ2) is 9.49. The summed E-state index contributed by atoms with van der Waals surface area (Å²) in [7, 11) is -4.01. The first-order valence-corrected chi connectivity index (χ1v) is 12.0. The van der Waals surface area contributed by atoms with Crippen LogP contribution in [-0.2, 0) is 10.1 Å². The summed E-state index contributed by atoms with van der Waals surface area (Å²) < 4.78 is 31.7. The number of hydrogen-bond acceptors (Lipinski definition) is 5. The zero-order chi connectivity index (χ0) is 22.6. The molecule has 1 amide bonds. The van der Waals surface area contributed by atoms with E-state index in [1.807, 2.05) is 30.3 Å². The van der Waals surface area contributed by atoms with E-state index >= 15 is 0 Å². The predicted octanol–water partition coefficient (Wildman–Crippen LogP) is 4.98. The van der Waals surface area contributed by atoms with Gasteiger partial charge in [0, 0.05) is 9.13 Å². The maximum atomic E-state index is 12.7. The van der Waals surface area contributed by atoms with Gasteiger partial charge in [-0.05, 0) is 81.4 Å². The number of amides is 1. The molecular weight excluding hydrogens is 539 g/mol. The summed E-state index contributed by atoms with van der Waals surface area (Å²) in [5.41, 5.74) is 3.52. The van der Waals surface area contributed by atoms with Crippen molar-refractivity contribution < 1.29 is 17.4 Å². The Hall–Kier alpha value is -3.24. The molecule has 0 radical (unpaired) electrons. The van der Waals surface area contributed by atoms with Crippen molar-refractivity contribution in [3.63, 3.8) is 0 Å². The molecule has 0 saturated heterocycles. The van der Waals surface area contributed by atoms with Gasteiger partial charge in [0.2, 0.25) is 0 Å². The van der Waals surface area contributed by atoms with Crippen LogP contribution in [-0.4, -0.2) is 20.5 Å². The van der Waals surface area contributed by atoms with Gasteiger partial charge in [-0.15, -0.1) is 0 Å². The van der Waals surface area contributed by atoms with Crippen LogP contribution in [0.2, 0.25) is 0 Å². The Labute approximate surface area is 199 Å². The molecule has 160 valence electrons. The van der Waals surface area contributed by atoms with Crippen molar-refractivity contribution in [1.82, 2.24) is 5.43 Å². The lowest BCUT2D eigenvalue weighted by Gasteiger charge is -2.08. The molecule has 4 rings (SSSR count). The van der Waals surface area contributed by atoms with Gasteiger partial charge >= 0.3 is 10.1 Å². The summed E-state index contributed by atoms with van der Waals surface area (Å²) in [4.78, 5) is 12.2.